The highest BCUT2D eigenvalue weighted by Crippen LogP contribution is 2.11. The Morgan fingerprint density at radius 2 is 1.36 bits per heavy atom. The SMILES string of the molecule is O=CCCCCCCCCCCCC=COCOCc1ccccc1. The molecule has 0 bridgehead atoms. The van der Waals surface area contributed by atoms with E-state index in [-0.39, 0.29) is 0 Å². The zero-order chi connectivity index (χ0) is 17.8. The molecule has 3 nitrogen and oxygen atoms in total. The molecule has 3 heteroatoms. The van der Waals surface area contributed by atoms with E-state index in [1.165, 1.54) is 51.4 Å². The first-order chi connectivity index (χ1) is 12.4. The van der Waals surface area contributed by atoms with Gasteiger partial charge in [0.2, 0.25) is 0 Å². The molecule has 0 aromatic heterocycles. The number of benzene rings is 1. The predicted octanol–water partition coefficient (Wildman–Crippen LogP) is 6.18. The van der Waals surface area contributed by atoms with E-state index in [2.05, 4.69) is 6.08 Å². The van der Waals surface area contributed by atoms with Crippen molar-refractivity contribution in [1.82, 2.24) is 0 Å². The Morgan fingerprint density at radius 1 is 0.760 bits per heavy atom. The summed E-state index contributed by atoms with van der Waals surface area (Å²) in [4.78, 5) is 10.2. The zero-order valence-electron chi connectivity index (χ0n) is 15.5. The van der Waals surface area contributed by atoms with Crippen molar-refractivity contribution < 1.29 is 14.3 Å². The Hall–Kier alpha value is -1.61. The van der Waals surface area contributed by atoms with Crippen LogP contribution in [0, 0.1) is 0 Å². The van der Waals surface area contributed by atoms with Crippen molar-refractivity contribution in [2.75, 3.05) is 6.79 Å². The van der Waals surface area contributed by atoms with Gasteiger partial charge in [-0.1, -0.05) is 75.3 Å². The lowest BCUT2D eigenvalue weighted by Gasteiger charge is -2.03. The second kappa shape index (κ2) is 17.2. The average molecular weight is 347 g/mol. The first-order valence-corrected chi connectivity index (χ1v) is 9.75. The van der Waals surface area contributed by atoms with Gasteiger partial charge in [-0.2, -0.15) is 0 Å². The summed E-state index contributed by atoms with van der Waals surface area (Å²) in [5, 5.41) is 0. The molecule has 0 N–H and O–H groups in total. The topological polar surface area (TPSA) is 35.5 Å². The summed E-state index contributed by atoms with van der Waals surface area (Å²) in [6.45, 7) is 0.893. The van der Waals surface area contributed by atoms with Gasteiger partial charge in [0, 0.05) is 6.42 Å². The van der Waals surface area contributed by atoms with Gasteiger partial charge >= 0.3 is 0 Å². The minimum Gasteiger partial charge on any atom is -0.475 e. The lowest BCUT2D eigenvalue weighted by molar-refractivity contribution is -0.107. The number of unbranched alkanes of at least 4 members (excludes halogenated alkanes) is 10. The van der Waals surface area contributed by atoms with E-state index in [1.807, 2.05) is 30.3 Å². The van der Waals surface area contributed by atoms with E-state index in [1.54, 1.807) is 6.26 Å². The number of carbonyl (C=O) groups excluding carboxylic acids is 1. The van der Waals surface area contributed by atoms with E-state index >= 15 is 0 Å². The number of ether oxygens (including phenoxy) is 2. The normalized spacial score (nSPS) is 11.0. The Morgan fingerprint density at radius 3 is 2.00 bits per heavy atom. The third-order valence-corrected chi connectivity index (χ3v) is 4.15. The van der Waals surface area contributed by atoms with Gasteiger partial charge in [-0.05, 0) is 30.9 Å². The minimum atomic E-state index is 0.304. The van der Waals surface area contributed by atoms with Crippen LogP contribution in [0.1, 0.15) is 76.2 Å². The van der Waals surface area contributed by atoms with Crippen LogP contribution in [0.15, 0.2) is 42.7 Å². The van der Waals surface area contributed by atoms with E-state index < -0.39 is 0 Å². The number of allylic oxidation sites excluding steroid dienone is 1. The molecule has 0 aliphatic heterocycles. The van der Waals surface area contributed by atoms with Gasteiger partial charge in [0.05, 0.1) is 12.9 Å². The van der Waals surface area contributed by atoms with Gasteiger partial charge in [-0.3, -0.25) is 0 Å². The van der Waals surface area contributed by atoms with Crippen molar-refractivity contribution in [3.63, 3.8) is 0 Å². The van der Waals surface area contributed by atoms with Crippen LogP contribution in [0.25, 0.3) is 0 Å². The van der Waals surface area contributed by atoms with Crippen LogP contribution in [0.5, 0.6) is 0 Å². The summed E-state index contributed by atoms with van der Waals surface area (Å²) >= 11 is 0. The molecule has 1 rings (SSSR count). The maximum absolute atomic E-state index is 10.2. The van der Waals surface area contributed by atoms with Gasteiger partial charge in [0.15, 0.2) is 6.79 Å². The van der Waals surface area contributed by atoms with Gasteiger partial charge in [-0.15, -0.1) is 0 Å². The highest BCUT2D eigenvalue weighted by atomic mass is 16.7. The van der Waals surface area contributed by atoms with E-state index in [9.17, 15) is 4.79 Å². The highest BCUT2D eigenvalue weighted by molar-refractivity contribution is 5.48. The molecule has 25 heavy (non-hydrogen) atoms. The summed E-state index contributed by atoms with van der Waals surface area (Å²) in [5.41, 5.74) is 1.16. The van der Waals surface area contributed by atoms with E-state index in [4.69, 9.17) is 9.47 Å². The molecule has 0 heterocycles. The molecule has 0 fully saturated rings. The summed E-state index contributed by atoms with van der Waals surface area (Å²) in [7, 11) is 0. The zero-order valence-corrected chi connectivity index (χ0v) is 15.5. The van der Waals surface area contributed by atoms with Crippen molar-refractivity contribution >= 4 is 6.29 Å². The maximum atomic E-state index is 10.2. The fourth-order valence-corrected chi connectivity index (χ4v) is 2.68. The molecule has 0 saturated heterocycles. The highest BCUT2D eigenvalue weighted by Gasteiger charge is 1.93. The fourth-order valence-electron chi connectivity index (χ4n) is 2.68. The van der Waals surface area contributed by atoms with Crippen molar-refractivity contribution in [3.8, 4) is 0 Å². The van der Waals surface area contributed by atoms with Crippen molar-refractivity contribution in [2.45, 2.75) is 77.2 Å². The number of hydrogen-bond acceptors (Lipinski definition) is 3. The molecule has 1 aromatic carbocycles. The second-order valence-electron chi connectivity index (χ2n) is 6.42. The third kappa shape index (κ3) is 14.4. The molecule has 0 radical (unpaired) electrons. The first-order valence-electron chi connectivity index (χ1n) is 9.75. The number of rotatable bonds is 17. The van der Waals surface area contributed by atoms with Crippen LogP contribution >= 0.6 is 0 Å². The van der Waals surface area contributed by atoms with Crippen molar-refractivity contribution in [2.24, 2.45) is 0 Å². The van der Waals surface area contributed by atoms with Crippen LogP contribution in [-0.4, -0.2) is 13.1 Å². The fraction of sp³-hybridized carbons (Fsp3) is 0.591. The molecular formula is C22H34O3. The summed E-state index contributed by atoms with van der Waals surface area (Å²) in [6, 6.07) is 10.1. The van der Waals surface area contributed by atoms with Crippen LogP contribution < -0.4 is 0 Å². The van der Waals surface area contributed by atoms with E-state index in [0.717, 1.165) is 31.1 Å². The molecule has 0 amide bonds. The van der Waals surface area contributed by atoms with Crippen LogP contribution in [-0.2, 0) is 20.9 Å². The smallest absolute Gasteiger partial charge is 0.188 e. The number of carbonyl (C=O) groups is 1. The van der Waals surface area contributed by atoms with Crippen LogP contribution in [0.3, 0.4) is 0 Å². The summed E-state index contributed by atoms with van der Waals surface area (Å²) in [6.07, 6.45) is 18.0. The molecule has 0 spiro atoms. The second-order valence-corrected chi connectivity index (χ2v) is 6.42. The molecule has 0 aliphatic carbocycles. The largest absolute Gasteiger partial charge is 0.475 e. The molecule has 1 aromatic rings. The number of aldehydes is 1. The van der Waals surface area contributed by atoms with Crippen LogP contribution in [0.2, 0.25) is 0 Å². The quantitative estimate of drug-likeness (QED) is 0.146. The summed E-state index contributed by atoms with van der Waals surface area (Å²) in [5.74, 6) is 0. The molecule has 0 saturated carbocycles. The molecule has 0 atom stereocenters. The Bertz CT molecular complexity index is 428. The molecular weight excluding hydrogens is 312 g/mol. The van der Waals surface area contributed by atoms with Gasteiger partial charge in [-0.25, -0.2) is 0 Å². The predicted molar refractivity (Wildman–Crippen MR) is 103 cm³/mol. The minimum absolute atomic E-state index is 0.304. The van der Waals surface area contributed by atoms with E-state index in [0.29, 0.717) is 13.4 Å². The maximum Gasteiger partial charge on any atom is 0.188 e. The standard InChI is InChI=1S/C22H34O3/c23-18-14-9-7-5-3-1-2-4-6-8-10-15-19-24-21-25-20-22-16-12-11-13-17-22/h11-13,15-19H,1-10,14,20-21H2. The lowest BCUT2D eigenvalue weighted by Crippen LogP contribution is -1.96. The lowest BCUT2D eigenvalue weighted by atomic mass is 10.1. The third-order valence-electron chi connectivity index (χ3n) is 4.15. The Balaban J connectivity index is 1.76. The van der Waals surface area contributed by atoms with Crippen molar-refractivity contribution in [3.05, 3.63) is 48.2 Å². The first kappa shape index (κ1) is 21.4. The molecule has 0 aliphatic rings. The average Bonchev–Trinajstić information content (AvgIpc) is 2.65. The monoisotopic (exact) mass is 346 g/mol. The molecule has 0 unspecified atom stereocenters. The Kier molecular flexibility index (Phi) is 14.8. The van der Waals surface area contributed by atoms with Gasteiger partial charge < -0.3 is 14.3 Å². The Labute approximate surface area is 153 Å². The number of hydrogen-bond donors (Lipinski definition) is 0. The van der Waals surface area contributed by atoms with Gasteiger partial charge in [0.25, 0.3) is 0 Å². The van der Waals surface area contributed by atoms with Crippen LogP contribution in [0.4, 0.5) is 0 Å². The summed E-state index contributed by atoms with van der Waals surface area (Å²) < 4.78 is 10.8. The van der Waals surface area contributed by atoms with Crippen molar-refractivity contribution in [1.29, 1.82) is 0 Å². The van der Waals surface area contributed by atoms with Gasteiger partial charge in [0.1, 0.15) is 6.29 Å². The molecule has 140 valence electrons.